The summed E-state index contributed by atoms with van der Waals surface area (Å²) in [6.45, 7) is 7.17. The Morgan fingerprint density at radius 3 is 2.86 bits per heavy atom. The number of piperazine rings is 1. The lowest BCUT2D eigenvalue weighted by Gasteiger charge is -2.49. The van der Waals surface area contributed by atoms with E-state index in [0.717, 1.165) is 18.8 Å². The van der Waals surface area contributed by atoms with E-state index >= 15 is 0 Å². The van der Waals surface area contributed by atoms with Crippen LogP contribution in [0.5, 0.6) is 0 Å². The summed E-state index contributed by atoms with van der Waals surface area (Å²) in [5.74, 6) is -0.279. The van der Waals surface area contributed by atoms with Gasteiger partial charge in [-0.15, -0.1) is 0 Å². The summed E-state index contributed by atoms with van der Waals surface area (Å²) in [7, 11) is 0. The first kappa shape index (κ1) is 14.8. The van der Waals surface area contributed by atoms with Crippen LogP contribution in [-0.2, 0) is 0 Å². The summed E-state index contributed by atoms with van der Waals surface area (Å²) in [4.78, 5) is 4.95. The Hall–Kier alpha value is -1.13. The van der Waals surface area contributed by atoms with Crippen molar-refractivity contribution in [2.45, 2.75) is 51.3 Å². The molecule has 0 aliphatic carbocycles. The maximum absolute atomic E-state index is 13.5. The number of aliphatic hydroxyl groups is 1. The average molecular weight is 292 g/mol. The monoisotopic (exact) mass is 292 g/mol. The van der Waals surface area contributed by atoms with E-state index in [2.05, 4.69) is 16.7 Å². The molecule has 0 spiro atoms. The third-order valence-electron chi connectivity index (χ3n) is 4.94. The minimum absolute atomic E-state index is 0.279. The van der Waals surface area contributed by atoms with Gasteiger partial charge in [0, 0.05) is 36.4 Å². The average Bonchev–Trinajstić information content (AvgIpc) is 2.46. The number of rotatable bonds is 2. The second-order valence-electron chi connectivity index (χ2n) is 6.53. The molecular weight excluding hydrogens is 267 g/mol. The van der Waals surface area contributed by atoms with Crippen molar-refractivity contribution < 1.29 is 9.50 Å². The van der Waals surface area contributed by atoms with E-state index in [1.165, 1.54) is 37.9 Å². The maximum Gasteiger partial charge on any atom is 0.123 e. The van der Waals surface area contributed by atoms with Gasteiger partial charge in [-0.2, -0.15) is 0 Å². The van der Waals surface area contributed by atoms with Gasteiger partial charge in [-0.3, -0.25) is 4.90 Å². The lowest BCUT2D eigenvalue weighted by atomic mass is 9.95. The van der Waals surface area contributed by atoms with Crippen molar-refractivity contribution in [3.63, 3.8) is 0 Å². The second-order valence-corrected chi connectivity index (χ2v) is 6.53. The lowest BCUT2D eigenvalue weighted by molar-refractivity contribution is 0.115. The Balaban J connectivity index is 1.89. The van der Waals surface area contributed by atoms with Gasteiger partial charge in [0.25, 0.3) is 0 Å². The molecule has 1 N–H and O–H groups in total. The van der Waals surface area contributed by atoms with Crippen molar-refractivity contribution in [1.82, 2.24) is 4.90 Å². The van der Waals surface area contributed by atoms with Crippen LogP contribution in [0.25, 0.3) is 0 Å². The Morgan fingerprint density at radius 1 is 1.29 bits per heavy atom. The summed E-state index contributed by atoms with van der Waals surface area (Å²) in [6, 6.07) is 5.79. The Morgan fingerprint density at radius 2 is 2.10 bits per heavy atom. The summed E-state index contributed by atoms with van der Waals surface area (Å²) in [5, 5.41) is 9.97. The molecule has 2 aliphatic heterocycles. The Kier molecular flexibility index (Phi) is 4.18. The largest absolute Gasteiger partial charge is 0.389 e. The van der Waals surface area contributed by atoms with Crippen LogP contribution in [0.4, 0.5) is 10.1 Å². The van der Waals surface area contributed by atoms with Crippen LogP contribution < -0.4 is 4.90 Å². The van der Waals surface area contributed by atoms with Gasteiger partial charge >= 0.3 is 0 Å². The van der Waals surface area contributed by atoms with Gasteiger partial charge in [-0.1, -0.05) is 6.42 Å². The van der Waals surface area contributed by atoms with E-state index in [9.17, 15) is 9.50 Å². The highest BCUT2D eigenvalue weighted by Gasteiger charge is 2.34. The number of piperidine rings is 1. The molecule has 1 aromatic rings. The summed E-state index contributed by atoms with van der Waals surface area (Å²) < 4.78 is 13.5. The standard InChI is InChI=1S/C17H25FN2O/c1-12-10-19-8-4-3-5-15(19)11-20(12)17-7-6-14(18)9-16(17)13(2)21/h6-7,9,12-13,15,21H,3-5,8,10-11H2,1-2H3/t12?,13-,15?/m1/s1. The fraction of sp³-hybridized carbons (Fsp3) is 0.647. The van der Waals surface area contributed by atoms with Gasteiger partial charge in [0.15, 0.2) is 0 Å². The number of anilines is 1. The summed E-state index contributed by atoms with van der Waals surface area (Å²) in [6.07, 6.45) is 3.20. The first-order valence-electron chi connectivity index (χ1n) is 8.04. The highest BCUT2D eigenvalue weighted by atomic mass is 19.1. The van der Waals surface area contributed by atoms with Crippen LogP contribution in [0.1, 0.15) is 44.8 Å². The topological polar surface area (TPSA) is 26.7 Å². The molecule has 0 aromatic heterocycles. The number of halogens is 1. The van der Waals surface area contributed by atoms with Crippen molar-refractivity contribution in [2.75, 3.05) is 24.5 Å². The summed E-state index contributed by atoms with van der Waals surface area (Å²) in [5.41, 5.74) is 1.69. The molecule has 116 valence electrons. The van der Waals surface area contributed by atoms with Crippen LogP contribution in [0, 0.1) is 5.82 Å². The number of hydrogen-bond acceptors (Lipinski definition) is 3. The molecule has 2 aliphatic rings. The molecule has 21 heavy (non-hydrogen) atoms. The van der Waals surface area contributed by atoms with Crippen molar-refractivity contribution in [3.8, 4) is 0 Å². The van der Waals surface area contributed by atoms with Crippen LogP contribution in [0.2, 0.25) is 0 Å². The van der Waals surface area contributed by atoms with Crippen LogP contribution in [0.3, 0.4) is 0 Å². The van der Waals surface area contributed by atoms with Crippen molar-refractivity contribution in [3.05, 3.63) is 29.6 Å². The van der Waals surface area contributed by atoms with Gasteiger partial charge in [0.1, 0.15) is 5.82 Å². The van der Waals surface area contributed by atoms with E-state index in [0.29, 0.717) is 17.6 Å². The molecule has 0 bridgehead atoms. The normalized spacial score (nSPS) is 28.3. The van der Waals surface area contributed by atoms with E-state index in [-0.39, 0.29) is 5.82 Å². The molecule has 1 aromatic carbocycles. The van der Waals surface area contributed by atoms with Crippen LogP contribution in [0.15, 0.2) is 18.2 Å². The van der Waals surface area contributed by atoms with Gasteiger partial charge in [0.05, 0.1) is 6.10 Å². The molecule has 2 heterocycles. The van der Waals surface area contributed by atoms with E-state index in [4.69, 9.17) is 0 Å². The maximum atomic E-state index is 13.5. The fourth-order valence-corrected chi connectivity index (χ4v) is 3.81. The molecule has 0 radical (unpaired) electrons. The number of benzene rings is 1. The zero-order valence-electron chi connectivity index (χ0n) is 12.9. The predicted molar refractivity (Wildman–Crippen MR) is 83.1 cm³/mol. The fourth-order valence-electron chi connectivity index (χ4n) is 3.81. The van der Waals surface area contributed by atoms with Crippen molar-refractivity contribution in [1.29, 1.82) is 0 Å². The Labute approximate surface area is 126 Å². The smallest absolute Gasteiger partial charge is 0.123 e. The molecular formula is C17H25FN2O. The first-order chi connectivity index (χ1) is 10.1. The zero-order valence-corrected chi connectivity index (χ0v) is 12.9. The second kappa shape index (κ2) is 5.93. The molecule has 2 unspecified atom stereocenters. The number of aliphatic hydroxyl groups excluding tert-OH is 1. The third-order valence-corrected chi connectivity index (χ3v) is 4.94. The minimum Gasteiger partial charge on any atom is -0.389 e. The van der Waals surface area contributed by atoms with E-state index in [1.807, 2.05) is 6.07 Å². The molecule has 4 heteroatoms. The van der Waals surface area contributed by atoms with Gasteiger partial charge < -0.3 is 10.0 Å². The molecule has 2 saturated heterocycles. The number of nitrogens with zero attached hydrogens (tertiary/aromatic N) is 2. The van der Waals surface area contributed by atoms with Crippen molar-refractivity contribution in [2.24, 2.45) is 0 Å². The molecule has 3 nitrogen and oxygen atoms in total. The van der Waals surface area contributed by atoms with Gasteiger partial charge in [-0.05, 0) is 51.4 Å². The number of fused-ring (bicyclic) bond motifs is 1. The number of hydrogen-bond donors (Lipinski definition) is 1. The molecule has 0 amide bonds. The van der Waals surface area contributed by atoms with Gasteiger partial charge in [-0.25, -0.2) is 4.39 Å². The zero-order chi connectivity index (χ0) is 15.0. The van der Waals surface area contributed by atoms with Gasteiger partial charge in [0.2, 0.25) is 0 Å². The highest BCUT2D eigenvalue weighted by Crippen LogP contribution is 2.33. The first-order valence-corrected chi connectivity index (χ1v) is 8.04. The Bertz CT molecular complexity index is 506. The third kappa shape index (κ3) is 2.92. The predicted octanol–water partition coefficient (Wildman–Crippen LogP) is 2.94. The SMILES string of the molecule is CC1CN2CCCCC2CN1c1ccc(F)cc1[C@@H](C)O. The van der Waals surface area contributed by atoms with Crippen molar-refractivity contribution >= 4 is 5.69 Å². The molecule has 0 saturated carbocycles. The molecule has 3 atom stereocenters. The molecule has 2 fully saturated rings. The highest BCUT2D eigenvalue weighted by molar-refractivity contribution is 5.56. The lowest BCUT2D eigenvalue weighted by Crippen LogP contribution is -2.59. The minimum atomic E-state index is -0.646. The van der Waals surface area contributed by atoms with E-state index < -0.39 is 6.10 Å². The van der Waals surface area contributed by atoms with Crippen LogP contribution >= 0.6 is 0 Å². The summed E-state index contributed by atoms with van der Waals surface area (Å²) >= 11 is 0. The quantitative estimate of drug-likeness (QED) is 0.908. The van der Waals surface area contributed by atoms with E-state index in [1.54, 1.807) is 6.92 Å². The molecule has 3 rings (SSSR count). The van der Waals surface area contributed by atoms with Crippen LogP contribution in [-0.4, -0.2) is 41.7 Å².